The van der Waals surface area contributed by atoms with Gasteiger partial charge < -0.3 is 14.2 Å². The predicted octanol–water partition coefficient (Wildman–Crippen LogP) is 4.33. The summed E-state index contributed by atoms with van der Waals surface area (Å²) in [5, 5.41) is 0. The normalized spacial score (nSPS) is 18.8. The zero-order valence-electron chi connectivity index (χ0n) is 17.2. The molecule has 1 aliphatic carbocycles. The van der Waals surface area contributed by atoms with E-state index < -0.39 is 17.8 Å². The molecule has 3 rings (SSSR count). The number of hydrogen-bond acceptors (Lipinski definition) is 5. The van der Waals surface area contributed by atoms with Crippen molar-refractivity contribution in [2.24, 2.45) is 5.92 Å². The molecule has 0 aromatic heterocycles. The van der Waals surface area contributed by atoms with E-state index in [2.05, 4.69) is 0 Å². The lowest BCUT2D eigenvalue weighted by Crippen LogP contribution is -2.34. The highest BCUT2D eigenvalue weighted by atomic mass is 16.5. The zero-order valence-corrected chi connectivity index (χ0v) is 17.2. The van der Waals surface area contributed by atoms with Gasteiger partial charge in [-0.15, -0.1) is 0 Å². The molecule has 1 aliphatic rings. The largest absolute Gasteiger partial charge is 0.497 e. The minimum absolute atomic E-state index is 0.221. The second-order valence-corrected chi connectivity index (χ2v) is 7.09. The first-order valence-corrected chi connectivity index (χ1v) is 9.68. The number of hydrogen-bond donors (Lipinski definition) is 0. The highest BCUT2D eigenvalue weighted by molar-refractivity contribution is 6.10. The van der Waals surface area contributed by atoms with Crippen molar-refractivity contribution < 1.29 is 23.8 Å². The Morgan fingerprint density at radius 2 is 1.79 bits per heavy atom. The van der Waals surface area contributed by atoms with Crippen LogP contribution in [-0.4, -0.2) is 32.6 Å². The third-order valence-corrected chi connectivity index (χ3v) is 5.26. The molecule has 5 nitrogen and oxygen atoms in total. The molecule has 0 aliphatic heterocycles. The molecule has 0 bridgehead atoms. The minimum Gasteiger partial charge on any atom is -0.497 e. The second kappa shape index (κ2) is 8.95. The Balaban J connectivity index is 2.10. The molecule has 0 radical (unpaired) electrons. The summed E-state index contributed by atoms with van der Waals surface area (Å²) in [7, 11) is 3.16. The van der Waals surface area contributed by atoms with E-state index >= 15 is 0 Å². The van der Waals surface area contributed by atoms with Crippen LogP contribution in [0.25, 0.3) is 5.57 Å². The predicted molar refractivity (Wildman–Crippen MR) is 111 cm³/mol. The van der Waals surface area contributed by atoms with Crippen molar-refractivity contribution in [3.05, 3.63) is 65.2 Å². The van der Waals surface area contributed by atoms with Crippen LogP contribution in [0.5, 0.6) is 11.5 Å². The van der Waals surface area contributed by atoms with Gasteiger partial charge >= 0.3 is 5.97 Å². The van der Waals surface area contributed by atoms with Gasteiger partial charge in [0.25, 0.3) is 0 Å². The quantitative estimate of drug-likeness (QED) is 0.539. The van der Waals surface area contributed by atoms with Gasteiger partial charge in [-0.25, -0.2) is 0 Å². The van der Waals surface area contributed by atoms with Gasteiger partial charge in [0.2, 0.25) is 0 Å². The van der Waals surface area contributed by atoms with Crippen molar-refractivity contribution in [3.63, 3.8) is 0 Å². The molecule has 0 amide bonds. The lowest BCUT2D eigenvalue weighted by atomic mass is 9.73. The van der Waals surface area contributed by atoms with Crippen molar-refractivity contribution in [2.75, 3.05) is 20.8 Å². The summed E-state index contributed by atoms with van der Waals surface area (Å²) in [6.07, 6.45) is 2.09. The van der Waals surface area contributed by atoms with Crippen molar-refractivity contribution >= 4 is 17.3 Å². The van der Waals surface area contributed by atoms with Crippen molar-refractivity contribution in [2.45, 2.75) is 26.2 Å². The number of aryl methyl sites for hydroxylation is 1. The Morgan fingerprint density at radius 1 is 1.07 bits per heavy atom. The van der Waals surface area contributed by atoms with E-state index in [1.54, 1.807) is 39.4 Å². The molecule has 29 heavy (non-hydrogen) atoms. The molecule has 2 atom stereocenters. The van der Waals surface area contributed by atoms with Crippen LogP contribution in [-0.2, 0) is 14.3 Å². The Bertz CT molecular complexity index is 927. The van der Waals surface area contributed by atoms with E-state index in [0.29, 0.717) is 17.9 Å². The fourth-order valence-corrected chi connectivity index (χ4v) is 3.77. The van der Waals surface area contributed by atoms with Crippen LogP contribution in [0.1, 0.15) is 36.0 Å². The minimum atomic E-state index is -0.912. The number of methoxy groups -OCH3 is 2. The van der Waals surface area contributed by atoms with Gasteiger partial charge in [-0.3, -0.25) is 9.59 Å². The van der Waals surface area contributed by atoms with Gasteiger partial charge in [0.05, 0.1) is 20.8 Å². The maximum Gasteiger partial charge on any atom is 0.317 e. The fourth-order valence-electron chi connectivity index (χ4n) is 3.77. The molecule has 0 saturated heterocycles. The average molecular weight is 394 g/mol. The number of rotatable bonds is 6. The van der Waals surface area contributed by atoms with E-state index in [1.165, 1.54) is 0 Å². The van der Waals surface area contributed by atoms with E-state index in [4.69, 9.17) is 14.2 Å². The summed E-state index contributed by atoms with van der Waals surface area (Å²) >= 11 is 0. The van der Waals surface area contributed by atoms with Gasteiger partial charge in [-0.1, -0.05) is 29.8 Å². The molecule has 0 N–H and O–H groups in total. The summed E-state index contributed by atoms with van der Waals surface area (Å²) in [6, 6.07) is 13.4. The molecular weight excluding hydrogens is 368 g/mol. The van der Waals surface area contributed by atoms with Gasteiger partial charge in [-0.05, 0) is 55.7 Å². The van der Waals surface area contributed by atoms with Crippen LogP contribution >= 0.6 is 0 Å². The molecular formula is C24H26O5. The van der Waals surface area contributed by atoms with Crippen molar-refractivity contribution in [3.8, 4) is 11.5 Å². The Labute approximate surface area is 171 Å². The lowest BCUT2D eigenvalue weighted by Gasteiger charge is -2.30. The zero-order chi connectivity index (χ0) is 21.0. The topological polar surface area (TPSA) is 61.8 Å². The molecule has 0 heterocycles. The highest BCUT2D eigenvalue weighted by Gasteiger charge is 2.41. The first kappa shape index (κ1) is 20.6. The highest BCUT2D eigenvalue weighted by Crippen LogP contribution is 2.44. The third kappa shape index (κ3) is 4.34. The molecule has 152 valence electrons. The lowest BCUT2D eigenvalue weighted by molar-refractivity contribution is -0.151. The Hall–Kier alpha value is -3.08. The average Bonchev–Trinajstić information content (AvgIpc) is 2.73. The van der Waals surface area contributed by atoms with Crippen LogP contribution in [0.3, 0.4) is 0 Å². The number of esters is 1. The summed E-state index contributed by atoms with van der Waals surface area (Å²) in [4.78, 5) is 25.7. The van der Waals surface area contributed by atoms with E-state index in [0.717, 1.165) is 22.3 Å². The summed E-state index contributed by atoms with van der Waals surface area (Å²) in [5.41, 5.74) is 3.77. The van der Waals surface area contributed by atoms with E-state index in [-0.39, 0.29) is 12.4 Å². The monoisotopic (exact) mass is 394 g/mol. The van der Waals surface area contributed by atoms with Gasteiger partial charge in [-0.2, -0.15) is 0 Å². The smallest absolute Gasteiger partial charge is 0.317 e. The van der Waals surface area contributed by atoms with E-state index in [9.17, 15) is 9.59 Å². The van der Waals surface area contributed by atoms with Crippen molar-refractivity contribution in [1.29, 1.82) is 0 Å². The first-order chi connectivity index (χ1) is 14.0. The molecule has 0 fully saturated rings. The van der Waals surface area contributed by atoms with Crippen LogP contribution in [0.2, 0.25) is 0 Å². The third-order valence-electron chi connectivity index (χ3n) is 5.26. The maximum atomic E-state index is 13.0. The van der Waals surface area contributed by atoms with Crippen LogP contribution in [0.4, 0.5) is 0 Å². The second-order valence-electron chi connectivity index (χ2n) is 7.09. The van der Waals surface area contributed by atoms with Crippen LogP contribution in [0, 0.1) is 12.8 Å². The van der Waals surface area contributed by atoms with Crippen molar-refractivity contribution in [1.82, 2.24) is 0 Å². The Morgan fingerprint density at radius 3 is 2.41 bits per heavy atom. The van der Waals surface area contributed by atoms with Gasteiger partial charge in [0.15, 0.2) is 5.78 Å². The standard InChI is InChI=1S/C24H26O5/c1-5-29-24(26)23-20(19-14-18(27-3)10-11-22(19)28-4)12-17(13-21(23)25)16-8-6-15(2)7-9-16/h6-11,13-14,20,23H,5,12H2,1-4H3/t20-,23+/m1/s1. The fraction of sp³-hybridized carbons (Fsp3) is 0.333. The van der Waals surface area contributed by atoms with Crippen LogP contribution < -0.4 is 9.47 Å². The molecule has 5 heteroatoms. The first-order valence-electron chi connectivity index (χ1n) is 9.68. The summed E-state index contributed by atoms with van der Waals surface area (Å²) in [6.45, 7) is 3.98. The van der Waals surface area contributed by atoms with E-state index in [1.807, 2.05) is 37.3 Å². The Kier molecular flexibility index (Phi) is 6.37. The number of carbonyl (C=O) groups is 2. The SMILES string of the molecule is CCOC(=O)[C@@H]1C(=O)C=C(c2ccc(C)cc2)C[C@@H]1c1cc(OC)ccc1OC. The van der Waals surface area contributed by atoms with Gasteiger partial charge in [0.1, 0.15) is 17.4 Å². The van der Waals surface area contributed by atoms with Gasteiger partial charge in [0, 0.05) is 11.5 Å². The number of ether oxygens (including phenoxy) is 3. The number of benzene rings is 2. The molecule has 2 aromatic rings. The molecule has 0 unspecified atom stereocenters. The molecule has 2 aromatic carbocycles. The summed E-state index contributed by atoms with van der Waals surface area (Å²) < 4.78 is 16.1. The summed E-state index contributed by atoms with van der Waals surface area (Å²) in [5.74, 6) is -0.824. The number of ketones is 1. The maximum absolute atomic E-state index is 13.0. The molecule has 0 saturated carbocycles. The number of allylic oxidation sites excluding steroid dienone is 2. The van der Waals surface area contributed by atoms with Crippen LogP contribution in [0.15, 0.2) is 48.5 Å². The molecule has 0 spiro atoms. The number of carbonyl (C=O) groups excluding carboxylic acids is 2.